The van der Waals surface area contributed by atoms with Gasteiger partial charge >= 0.3 is 6.09 Å². The third kappa shape index (κ3) is 6.33. The lowest BCUT2D eigenvalue weighted by atomic mass is 9.97. The van der Waals surface area contributed by atoms with E-state index < -0.39 is 11.7 Å². The van der Waals surface area contributed by atoms with Crippen LogP contribution in [0.15, 0.2) is 0 Å². The first-order valence-corrected chi connectivity index (χ1v) is 5.43. The van der Waals surface area contributed by atoms with E-state index in [0.29, 0.717) is 6.54 Å². The number of alkyl carbamates (subject to hydrolysis) is 1. The van der Waals surface area contributed by atoms with Gasteiger partial charge in [-0.3, -0.25) is 0 Å². The van der Waals surface area contributed by atoms with Crippen molar-refractivity contribution in [3.8, 4) is 0 Å². The highest BCUT2D eigenvalue weighted by molar-refractivity contribution is 5.68. The average Bonchev–Trinajstić information content (AvgIpc) is 2.00. The van der Waals surface area contributed by atoms with E-state index in [1.54, 1.807) is 0 Å². The number of nitrogens with two attached hydrogens (primary N) is 1. The van der Waals surface area contributed by atoms with E-state index in [1.807, 2.05) is 27.7 Å². The Labute approximate surface area is 92.6 Å². The van der Waals surface area contributed by atoms with Gasteiger partial charge in [-0.2, -0.15) is 0 Å². The Morgan fingerprint density at radius 1 is 1.33 bits per heavy atom. The van der Waals surface area contributed by atoms with Crippen molar-refractivity contribution in [1.29, 1.82) is 0 Å². The fourth-order valence-electron chi connectivity index (χ4n) is 1.32. The van der Waals surface area contributed by atoms with Crippen LogP contribution in [-0.4, -0.2) is 23.8 Å². The van der Waals surface area contributed by atoms with Crippen molar-refractivity contribution < 1.29 is 9.53 Å². The maximum atomic E-state index is 11.5. The van der Waals surface area contributed by atoms with Crippen LogP contribution in [0.5, 0.6) is 0 Å². The van der Waals surface area contributed by atoms with Gasteiger partial charge < -0.3 is 15.8 Å². The molecule has 0 aromatic heterocycles. The number of carbonyl (C=O) groups is 1. The predicted octanol–water partition coefficient (Wildman–Crippen LogP) is 2.03. The first kappa shape index (κ1) is 14.2. The van der Waals surface area contributed by atoms with Crippen LogP contribution in [0.1, 0.15) is 47.5 Å². The van der Waals surface area contributed by atoms with Crippen molar-refractivity contribution in [2.24, 2.45) is 5.73 Å². The molecule has 0 radical (unpaired) electrons. The Morgan fingerprint density at radius 2 is 1.87 bits per heavy atom. The van der Waals surface area contributed by atoms with E-state index in [9.17, 15) is 4.79 Å². The Kier molecular flexibility index (Phi) is 5.08. The van der Waals surface area contributed by atoms with Gasteiger partial charge in [-0.1, -0.05) is 13.3 Å². The van der Waals surface area contributed by atoms with Gasteiger partial charge in [0.15, 0.2) is 0 Å². The van der Waals surface area contributed by atoms with Crippen LogP contribution >= 0.6 is 0 Å². The van der Waals surface area contributed by atoms with E-state index in [2.05, 4.69) is 12.2 Å². The molecule has 0 heterocycles. The lowest BCUT2D eigenvalue weighted by Crippen LogP contribution is -2.52. The van der Waals surface area contributed by atoms with Crippen molar-refractivity contribution in [3.05, 3.63) is 0 Å². The van der Waals surface area contributed by atoms with Crippen molar-refractivity contribution in [1.82, 2.24) is 5.32 Å². The van der Waals surface area contributed by atoms with Gasteiger partial charge in [0.05, 0.1) is 5.54 Å². The zero-order chi connectivity index (χ0) is 12.1. The van der Waals surface area contributed by atoms with Gasteiger partial charge in [0.25, 0.3) is 0 Å². The largest absolute Gasteiger partial charge is 0.444 e. The van der Waals surface area contributed by atoms with E-state index >= 15 is 0 Å². The summed E-state index contributed by atoms with van der Waals surface area (Å²) in [5.74, 6) is 0. The molecule has 0 aromatic carbocycles. The summed E-state index contributed by atoms with van der Waals surface area (Å²) in [6.07, 6.45) is 1.43. The molecular weight excluding hydrogens is 192 g/mol. The Morgan fingerprint density at radius 3 is 2.20 bits per heavy atom. The van der Waals surface area contributed by atoms with Gasteiger partial charge in [0.1, 0.15) is 5.60 Å². The van der Waals surface area contributed by atoms with E-state index in [4.69, 9.17) is 10.5 Å². The summed E-state index contributed by atoms with van der Waals surface area (Å²) in [4.78, 5) is 11.5. The minimum atomic E-state index is -0.466. The van der Waals surface area contributed by atoms with Crippen LogP contribution in [0.3, 0.4) is 0 Å². The number of hydrogen-bond acceptors (Lipinski definition) is 3. The number of amides is 1. The minimum absolute atomic E-state index is 0.364. The molecule has 0 saturated heterocycles. The third-order valence-electron chi connectivity index (χ3n) is 2.06. The summed E-state index contributed by atoms with van der Waals surface area (Å²) >= 11 is 0. The van der Waals surface area contributed by atoms with Crippen LogP contribution in [0.25, 0.3) is 0 Å². The molecule has 0 spiro atoms. The molecule has 0 rings (SSSR count). The van der Waals surface area contributed by atoms with Gasteiger partial charge in [-0.25, -0.2) is 4.79 Å². The summed E-state index contributed by atoms with van der Waals surface area (Å²) in [5, 5.41) is 2.81. The number of ether oxygens (including phenoxy) is 1. The smallest absolute Gasteiger partial charge is 0.408 e. The molecule has 0 fully saturated rings. The van der Waals surface area contributed by atoms with Gasteiger partial charge in [-0.15, -0.1) is 0 Å². The first-order valence-electron chi connectivity index (χ1n) is 5.43. The molecule has 3 N–H and O–H groups in total. The summed E-state index contributed by atoms with van der Waals surface area (Å²) in [7, 11) is 0. The molecule has 4 nitrogen and oxygen atoms in total. The van der Waals surface area contributed by atoms with Crippen LogP contribution in [0.4, 0.5) is 4.79 Å². The fourth-order valence-corrected chi connectivity index (χ4v) is 1.32. The second-order valence-corrected chi connectivity index (χ2v) is 5.14. The van der Waals surface area contributed by atoms with Crippen LogP contribution < -0.4 is 11.1 Å². The van der Waals surface area contributed by atoms with Crippen LogP contribution in [-0.2, 0) is 4.74 Å². The van der Waals surface area contributed by atoms with Crippen LogP contribution in [0.2, 0.25) is 0 Å². The molecule has 0 aliphatic heterocycles. The van der Waals surface area contributed by atoms with E-state index in [1.165, 1.54) is 0 Å². The molecule has 4 heteroatoms. The predicted molar refractivity (Wildman–Crippen MR) is 61.7 cm³/mol. The summed E-state index contributed by atoms with van der Waals surface area (Å²) < 4.78 is 5.18. The molecule has 0 unspecified atom stereocenters. The summed E-state index contributed by atoms with van der Waals surface area (Å²) in [6, 6.07) is 0. The summed E-state index contributed by atoms with van der Waals surface area (Å²) in [5.41, 5.74) is 4.80. The van der Waals surface area contributed by atoms with E-state index in [-0.39, 0.29) is 5.54 Å². The molecule has 0 aliphatic carbocycles. The maximum absolute atomic E-state index is 11.5. The Hall–Kier alpha value is -0.770. The maximum Gasteiger partial charge on any atom is 0.408 e. The minimum Gasteiger partial charge on any atom is -0.444 e. The normalized spacial score (nSPS) is 15.6. The molecule has 0 aromatic rings. The highest BCUT2D eigenvalue weighted by Gasteiger charge is 2.26. The fraction of sp³-hybridized carbons (Fsp3) is 0.909. The molecule has 0 bridgehead atoms. The third-order valence-corrected chi connectivity index (χ3v) is 2.06. The second kappa shape index (κ2) is 5.35. The molecule has 0 saturated carbocycles. The molecule has 0 aliphatic rings. The summed E-state index contributed by atoms with van der Waals surface area (Å²) in [6.45, 7) is 9.93. The van der Waals surface area contributed by atoms with Crippen molar-refractivity contribution in [3.63, 3.8) is 0 Å². The van der Waals surface area contributed by atoms with Crippen molar-refractivity contribution in [2.75, 3.05) is 6.54 Å². The van der Waals surface area contributed by atoms with Gasteiger partial charge in [0.2, 0.25) is 0 Å². The quantitative estimate of drug-likeness (QED) is 0.755. The SMILES string of the molecule is CCC[C@@](C)(CN)NC(=O)OC(C)(C)C. The van der Waals surface area contributed by atoms with Gasteiger partial charge in [0, 0.05) is 6.54 Å². The highest BCUT2D eigenvalue weighted by Crippen LogP contribution is 2.13. The van der Waals surface area contributed by atoms with E-state index in [0.717, 1.165) is 12.8 Å². The Bertz CT molecular complexity index is 211. The average molecular weight is 216 g/mol. The monoisotopic (exact) mass is 216 g/mol. The Balaban J connectivity index is 4.24. The topological polar surface area (TPSA) is 64.3 Å². The molecule has 1 atom stereocenters. The zero-order valence-electron chi connectivity index (χ0n) is 10.5. The molecule has 1 amide bonds. The highest BCUT2D eigenvalue weighted by atomic mass is 16.6. The number of carbonyl (C=O) groups excluding carboxylic acids is 1. The lowest BCUT2D eigenvalue weighted by molar-refractivity contribution is 0.0462. The number of rotatable bonds is 4. The molecular formula is C11H24N2O2. The van der Waals surface area contributed by atoms with Crippen molar-refractivity contribution in [2.45, 2.75) is 58.6 Å². The van der Waals surface area contributed by atoms with Crippen molar-refractivity contribution >= 4 is 6.09 Å². The zero-order valence-corrected chi connectivity index (χ0v) is 10.5. The standard InChI is InChI=1S/C11H24N2O2/c1-6-7-11(5,8-12)13-9(14)15-10(2,3)4/h6-8,12H2,1-5H3,(H,13,14)/t11-/m0/s1. The van der Waals surface area contributed by atoms with Gasteiger partial charge in [-0.05, 0) is 34.1 Å². The number of hydrogen-bond donors (Lipinski definition) is 2. The van der Waals surface area contributed by atoms with Crippen LogP contribution in [0, 0.1) is 0 Å². The molecule has 90 valence electrons. The second-order valence-electron chi connectivity index (χ2n) is 5.14. The molecule has 15 heavy (non-hydrogen) atoms. The first-order chi connectivity index (χ1) is 6.72. The number of nitrogens with one attached hydrogen (secondary N) is 1. The lowest BCUT2D eigenvalue weighted by Gasteiger charge is -2.30.